The Labute approximate surface area is 196 Å². The number of hydrogen-bond acceptors (Lipinski definition) is 5. The van der Waals surface area contributed by atoms with E-state index in [9.17, 15) is 8.42 Å². The van der Waals surface area contributed by atoms with Crippen molar-refractivity contribution >= 4 is 21.4 Å². The summed E-state index contributed by atoms with van der Waals surface area (Å²) in [5, 5.41) is 8.43. The number of nitrogens with zero attached hydrogens (tertiary/aromatic N) is 2. The molecule has 174 valence electrons. The van der Waals surface area contributed by atoms with E-state index in [-0.39, 0.29) is 22.3 Å². The summed E-state index contributed by atoms with van der Waals surface area (Å²) in [5.41, 5.74) is 4.81. The van der Waals surface area contributed by atoms with Crippen molar-refractivity contribution in [1.82, 2.24) is 9.73 Å². The predicted octanol–water partition coefficient (Wildman–Crippen LogP) is 3.89. The molecular formula is C26H32N4O2S. The summed E-state index contributed by atoms with van der Waals surface area (Å²) in [6.45, 7) is 6.46. The highest BCUT2D eigenvalue weighted by molar-refractivity contribution is 7.89. The van der Waals surface area contributed by atoms with Crippen LogP contribution in [0.1, 0.15) is 43.7 Å². The number of nitrogens with one attached hydrogen (secondary N) is 2. The molecule has 0 amide bonds. The van der Waals surface area contributed by atoms with E-state index in [0.29, 0.717) is 12.0 Å². The predicted molar refractivity (Wildman–Crippen MR) is 131 cm³/mol. The van der Waals surface area contributed by atoms with E-state index in [1.165, 1.54) is 11.3 Å². The van der Waals surface area contributed by atoms with Gasteiger partial charge in [0.1, 0.15) is 0 Å². The van der Waals surface area contributed by atoms with Crippen molar-refractivity contribution in [3.8, 4) is 0 Å². The summed E-state index contributed by atoms with van der Waals surface area (Å²) in [5.74, 6) is 0.901. The zero-order chi connectivity index (χ0) is 22.8. The third kappa shape index (κ3) is 3.16. The smallest absolute Gasteiger partial charge is 0.276 e. The fraction of sp³-hybridized carbons (Fsp3) is 0.500. The molecule has 0 aromatic heterocycles. The van der Waals surface area contributed by atoms with E-state index >= 15 is 0 Å². The third-order valence-electron chi connectivity index (χ3n) is 8.63. The summed E-state index contributed by atoms with van der Waals surface area (Å²) in [6.07, 6.45) is 4.16. The largest absolute Gasteiger partial charge is 0.381 e. The average molecular weight is 465 g/mol. The topological polar surface area (TPSA) is 73.8 Å². The summed E-state index contributed by atoms with van der Waals surface area (Å²) < 4.78 is 25.9. The molecule has 4 aliphatic rings. The van der Waals surface area contributed by atoms with E-state index in [1.807, 2.05) is 19.1 Å². The first kappa shape index (κ1) is 21.2. The molecule has 0 unspecified atom stereocenters. The summed E-state index contributed by atoms with van der Waals surface area (Å²) >= 11 is 0. The maximum Gasteiger partial charge on any atom is 0.276 e. The van der Waals surface area contributed by atoms with Crippen LogP contribution < -0.4 is 10.1 Å². The van der Waals surface area contributed by atoms with Gasteiger partial charge in [0.25, 0.3) is 10.0 Å². The van der Waals surface area contributed by atoms with E-state index in [2.05, 4.69) is 51.3 Å². The lowest BCUT2D eigenvalue weighted by atomic mass is 9.58. The molecule has 3 aliphatic heterocycles. The van der Waals surface area contributed by atoms with Crippen molar-refractivity contribution < 1.29 is 8.42 Å². The second-order valence-corrected chi connectivity index (χ2v) is 12.0. The number of benzene rings is 2. The van der Waals surface area contributed by atoms with Crippen LogP contribution in [-0.4, -0.2) is 44.2 Å². The SMILES string of the molecule is CC[C@H]1C[C@@H]2C(=NNS(=O)(=O)c3ccc(C)cc3)C[C@H]3Nc4ccccc4[C@]34CCN(C1)[C@H]24. The number of anilines is 1. The van der Waals surface area contributed by atoms with Crippen LogP contribution >= 0.6 is 0 Å². The third-order valence-corrected chi connectivity index (χ3v) is 9.86. The van der Waals surface area contributed by atoms with Gasteiger partial charge in [-0.2, -0.15) is 13.5 Å². The lowest BCUT2D eigenvalue weighted by molar-refractivity contribution is 0.0711. The molecule has 7 heteroatoms. The molecule has 6 rings (SSSR count). The fourth-order valence-corrected chi connectivity index (χ4v) is 7.91. The molecule has 0 bridgehead atoms. The molecule has 3 heterocycles. The van der Waals surface area contributed by atoms with Crippen molar-refractivity contribution in [3.05, 3.63) is 59.7 Å². The summed E-state index contributed by atoms with van der Waals surface area (Å²) in [7, 11) is -3.69. The normalized spacial score (nSPS) is 33.8. The van der Waals surface area contributed by atoms with Gasteiger partial charge in [-0.1, -0.05) is 49.2 Å². The number of fused-ring (bicyclic) bond motifs is 1. The number of piperidine rings is 1. The van der Waals surface area contributed by atoms with Crippen molar-refractivity contribution in [2.45, 2.75) is 61.9 Å². The highest BCUT2D eigenvalue weighted by atomic mass is 32.2. The molecule has 2 saturated heterocycles. The van der Waals surface area contributed by atoms with Crippen LogP contribution in [0.25, 0.3) is 0 Å². The van der Waals surface area contributed by atoms with Gasteiger partial charge >= 0.3 is 0 Å². The van der Waals surface area contributed by atoms with Crippen molar-refractivity contribution in [3.63, 3.8) is 0 Å². The van der Waals surface area contributed by atoms with Crippen LogP contribution in [0.3, 0.4) is 0 Å². The Hall–Kier alpha value is -2.38. The van der Waals surface area contributed by atoms with Gasteiger partial charge in [-0.15, -0.1) is 0 Å². The standard InChI is InChI=1S/C26H32N4O2S/c1-3-18-14-20-23(28-29-33(31,32)19-10-8-17(2)9-11-19)15-24-26(12-13-30(16-18)25(20)26)21-6-4-5-7-22(21)27-24/h4-11,18,20,24-25,27,29H,3,12-16H2,1-2H3/t18-,20+,24+,25+,26+/m0/s1. The Bertz CT molecular complexity index is 1210. The first-order valence-electron chi connectivity index (χ1n) is 12.2. The van der Waals surface area contributed by atoms with Crippen LogP contribution in [0, 0.1) is 18.8 Å². The van der Waals surface area contributed by atoms with Gasteiger partial charge < -0.3 is 5.32 Å². The fourth-order valence-electron chi connectivity index (χ4n) is 7.07. The van der Waals surface area contributed by atoms with Crippen LogP contribution in [0.4, 0.5) is 5.69 Å². The number of para-hydroxylation sites is 1. The number of rotatable bonds is 4. The molecule has 6 nitrogen and oxygen atoms in total. The van der Waals surface area contributed by atoms with E-state index in [0.717, 1.165) is 50.0 Å². The Morgan fingerprint density at radius 2 is 1.97 bits per heavy atom. The Morgan fingerprint density at radius 3 is 2.76 bits per heavy atom. The molecule has 2 aromatic rings. The number of aryl methyl sites for hydroxylation is 1. The molecule has 2 aromatic carbocycles. The Balaban J connectivity index is 1.38. The molecule has 1 aliphatic carbocycles. The van der Waals surface area contributed by atoms with Crippen LogP contribution in [0.15, 0.2) is 58.5 Å². The van der Waals surface area contributed by atoms with E-state index in [1.54, 1.807) is 12.1 Å². The van der Waals surface area contributed by atoms with Gasteiger partial charge in [-0.05, 0) is 56.0 Å². The van der Waals surface area contributed by atoms with Gasteiger partial charge in [-0.3, -0.25) is 4.90 Å². The highest BCUT2D eigenvalue weighted by Gasteiger charge is 2.64. The van der Waals surface area contributed by atoms with Crippen molar-refractivity contribution in [1.29, 1.82) is 0 Å². The van der Waals surface area contributed by atoms with Gasteiger partial charge in [0.05, 0.1) is 4.90 Å². The average Bonchev–Trinajstić information content (AvgIpc) is 3.37. The second-order valence-electron chi connectivity index (χ2n) is 10.3. The molecule has 1 saturated carbocycles. The maximum absolute atomic E-state index is 13.0. The van der Waals surface area contributed by atoms with Gasteiger partial charge in [0.15, 0.2) is 0 Å². The number of hydrazone groups is 1. The first-order chi connectivity index (χ1) is 15.9. The molecule has 3 fully saturated rings. The quantitative estimate of drug-likeness (QED) is 0.674. The van der Waals surface area contributed by atoms with Crippen LogP contribution in [0.5, 0.6) is 0 Å². The second kappa shape index (κ2) is 7.57. The monoisotopic (exact) mass is 464 g/mol. The molecule has 1 spiro atoms. The maximum atomic E-state index is 13.0. The molecule has 0 radical (unpaired) electrons. The minimum Gasteiger partial charge on any atom is -0.381 e. The number of hydrogen-bond donors (Lipinski definition) is 2. The summed E-state index contributed by atoms with van der Waals surface area (Å²) in [6, 6.07) is 16.3. The Kier molecular flexibility index (Phi) is 4.86. The minimum absolute atomic E-state index is 0.0921. The van der Waals surface area contributed by atoms with Gasteiger partial charge in [-0.25, -0.2) is 4.83 Å². The van der Waals surface area contributed by atoms with Crippen molar-refractivity contribution in [2.75, 3.05) is 18.4 Å². The van der Waals surface area contributed by atoms with Gasteiger partial charge in [0.2, 0.25) is 0 Å². The lowest BCUT2D eigenvalue weighted by Crippen LogP contribution is -2.62. The minimum atomic E-state index is -3.69. The number of sulfonamides is 1. The molecular weight excluding hydrogens is 432 g/mol. The zero-order valence-corrected chi connectivity index (χ0v) is 20.1. The van der Waals surface area contributed by atoms with Crippen LogP contribution in [-0.2, 0) is 15.4 Å². The lowest BCUT2D eigenvalue weighted by Gasteiger charge is -2.52. The Morgan fingerprint density at radius 1 is 1.18 bits per heavy atom. The van der Waals surface area contributed by atoms with E-state index < -0.39 is 10.0 Å². The molecule has 2 N–H and O–H groups in total. The molecule has 33 heavy (non-hydrogen) atoms. The van der Waals surface area contributed by atoms with Crippen LogP contribution in [0.2, 0.25) is 0 Å². The zero-order valence-electron chi connectivity index (χ0n) is 19.3. The van der Waals surface area contributed by atoms with Gasteiger partial charge in [0, 0.05) is 47.8 Å². The molecule has 5 atom stereocenters. The first-order valence-corrected chi connectivity index (χ1v) is 13.7. The summed E-state index contributed by atoms with van der Waals surface area (Å²) in [4.78, 5) is 5.53. The van der Waals surface area contributed by atoms with Crippen molar-refractivity contribution in [2.24, 2.45) is 16.9 Å². The highest BCUT2D eigenvalue weighted by Crippen LogP contribution is 2.58. The van der Waals surface area contributed by atoms with E-state index in [4.69, 9.17) is 0 Å².